The highest BCUT2D eigenvalue weighted by Crippen LogP contribution is 2.29. The van der Waals surface area contributed by atoms with E-state index in [1.807, 2.05) is 41.5 Å². The van der Waals surface area contributed by atoms with Crippen molar-refractivity contribution in [1.82, 2.24) is 4.72 Å². The van der Waals surface area contributed by atoms with E-state index in [1.165, 1.54) is 0 Å². The van der Waals surface area contributed by atoms with Gasteiger partial charge in [-0.05, 0) is 39.0 Å². The van der Waals surface area contributed by atoms with Gasteiger partial charge in [0, 0.05) is 6.54 Å². The van der Waals surface area contributed by atoms with Crippen LogP contribution in [0.5, 0.6) is 0 Å². The molecule has 0 amide bonds. The molecule has 20 heavy (non-hydrogen) atoms. The van der Waals surface area contributed by atoms with Crippen LogP contribution in [-0.4, -0.2) is 32.3 Å². The molecular weight excluding hydrogens is 278 g/mol. The van der Waals surface area contributed by atoms with Crippen molar-refractivity contribution in [2.75, 3.05) is 12.3 Å². The van der Waals surface area contributed by atoms with Crippen molar-refractivity contribution in [3.05, 3.63) is 0 Å². The number of nitrogens with one attached hydrogen (secondary N) is 1. The molecule has 1 N–H and O–H groups in total. The molecule has 120 valence electrons. The maximum atomic E-state index is 11.9. The van der Waals surface area contributed by atoms with Crippen LogP contribution < -0.4 is 4.72 Å². The van der Waals surface area contributed by atoms with Gasteiger partial charge >= 0.3 is 5.97 Å². The molecule has 0 aliphatic carbocycles. The van der Waals surface area contributed by atoms with Gasteiger partial charge in [-0.15, -0.1) is 0 Å². The monoisotopic (exact) mass is 307 g/mol. The van der Waals surface area contributed by atoms with E-state index >= 15 is 0 Å². The summed E-state index contributed by atoms with van der Waals surface area (Å²) in [6.45, 7) is 13.2. The van der Waals surface area contributed by atoms with E-state index in [0.29, 0.717) is 0 Å². The molecule has 0 bridgehead atoms. The predicted octanol–water partition coefficient (Wildman–Crippen LogP) is 2.32. The number of sulfonamides is 1. The van der Waals surface area contributed by atoms with Crippen molar-refractivity contribution in [3.8, 4) is 0 Å². The highest BCUT2D eigenvalue weighted by atomic mass is 32.2. The number of rotatable bonds is 6. The summed E-state index contributed by atoms with van der Waals surface area (Å²) in [5.74, 6) is -0.372. The van der Waals surface area contributed by atoms with Gasteiger partial charge in [-0.25, -0.2) is 13.1 Å². The van der Waals surface area contributed by atoms with Crippen LogP contribution in [0.3, 0.4) is 0 Å². The Morgan fingerprint density at radius 2 is 1.65 bits per heavy atom. The predicted molar refractivity (Wildman–Crippen MR) is 80.9 cm³/mol. The van der Waals surface area contributed by atoms with Gasteiger partial charge in [-0.2, -0.15) is 0 Å². The van der Waals surface area contributed by atoms with E-state index in [-0.39, 0.29) is 36.0 Å². The topological polar surface area (TPSA) is 72.5 Å². The molecule has 6 heteroatoms. The summed E-state index contributed by atoms with van der Waals surface area (Å²) in [5.41, 5.74) is -0.713. The van der Waals surface area contributed by atoms with Crippen molar-refractivity contribution in [1.29, 1.82) is 0 Å². The SMILES string of the molecule is CCS(=O)(=O)NC[C@@H](CC(=O)OC(C)(C)C)C(C)(C)C. The quantitative estimate of drug-likeness (QED) is 0.764. The molecule has 0 unspecified atom stereocenters. The van der Waals surface area contributed by atoms with Gasteiger partial charge in [0.05, 0.1) is 12.2 Å². The largest absolute Gasteiger partial charge is 0.460 e. The third kappa shape index (κ3) is 8.53. The summed E-state index contributed by atoms with van der Waals surface area (Å²) in [4.78, 5) is 11.9. The van der Waals surface area contributed by atoms with E-state index in [4.69, 9.17) is 4.74 Å². The lowest BCUT2D eigenvalue weighted by atomic mass is 9.79. The van der Waals surface area contributed by atoms with Crippen LogP contribution in [0.1, 0.15) is 54.9 Å². The lowest BCUT2D eigenvalue weighted by Crippen LogP contribution is -2.38. The molecule has 0 aliphatic rings. The van der Waals surface area contributed by atoms with Crippen LogP contribution >= 0.6 is 0 Å². The van der Waals surface area contributed by atoms with Crippen molar-refractivity contribution in [2.24, 2.45) is 11.3 Å². The standard InChI is InChI=1S/C14H29NO4S/c1-8-20(17,18)15-10-11(13(2,3)4)9-12(16)19-14(5,6)7/h11,15H,8-10H2,1-7H3/t11-/m1/s1. The smallest absolute Gasteiger partial charge is 0.306 e. The number of hydrogen-bond donors (Lipinski definition) is 1. The first-order valence-corrected chi connectivity index (χ1v) is 8.61. The average Bonchev–Trinajstić information content (AvgIpc) is 2.20. The summed E-state index contributed by atoms with van der Waals surface area (Å²) in [5, 5.41) is 0. The minimum Gasteiger partial charge on any atom is -0.460 e. The Bertz CT molecular complexity index is 415. The summed E-state index contributed by atoms with van der Waals surface area (Å²) in [6, 6.07) is 0. The highest BCUT2D eigenvalue weighted by molar-refractivity contribution is 7.89. The fourth-order valence-corrected chi connectivity index (χ4v) is 2.26. The van der Waals surface area contributed by atoms with Crippen molar-refractivity contribution in [2.45, 2.75) is 60.5 Å². The van der Waals surface area contributed by atoms with E-state index in [2.05, 4.69) is 4.72 Å². The van der Waals surface area contributed by atoms with Crippen LogP contribution in [0.15, 0.2) is 0 Å². The maximum absolute atomic E-state index is 11.9. The molecule has 0 heterocycles. The van der Waals surface area contributed by atoms with E-state index in [0.717, 1.165) is 0 Å². The van der Waals surface area contributed by atoms with Gasteiger partial charge in [0.25, 0.3) is 0 Å². The lowest BCUT2D eigenvalue weighted by Gasteiger charge is -2.31. The first-order valence-electron chi connectivity index (χ1n) is 6.96. The minimum absolute atomic E-state index is 0.0380. The zero-order valence-electron chi connectivity index (χ0n) is 13.7. The molecule has 0 aliphatic heterocycles. The van der Waals surface area contributed by atoms with E-state index in [1.54, 1.807) is 6.92 Å². The molecule has 1 atom stereocenters. The molecule has 0 spiro atoms. The number of carbonyl (C=O) groups excluding carboxylic acids is 1. The second-order valence-corrected chi connectivity index (χ2v) is 9.20. The fourth-order valence-electron chi connectivity index (χ4n) is 1.60. The van der Waals surface area contributed by atoms with Gasteiger partial charge < -0.3 is 4.74 Å². The van der Waals surface area contributed by atoms with Gasteiger partial charge in [0.15, 0.2) is 0 Å². The van der Waals surface area contributed by atoms with Gasteiger partial charge in [0.1, 0.15) is 5.60 Å². The normalized spacial score (nSPS) is 14.9. The van der Waals surface area contributed by atoms with Crippen LogP contribution in [0, 0.1) is 11.3 Å². The van der Waals surface area contributed by atoms with Crippen LogP contribution in [0.25, 0.3) is 0 Å². The molecule has 0 aromatic carbocycles. The highest BCUT2D eigenvalue weighted by Gasteiger charge is 2.30. The van der Waals surface area contributed by atoms with Crippen molar-refractivity contribution >= 4 is 16.0 Å². The van der Waals surface area contributed by atoms with Crippen molar-refractivity contribution < 1.29 is 17.9 Å². The molecule has 0 radical (unpaired) electrons. The Kier molecular flexibility index (Phi) is 6.68. The number of hydrogen-bond acceptors (Lipinski definition) is 4. The summed E-state index contributed by atoms with van der Waals surface area (Å²) >= 11 is 0. The second-order valence-electron chi connectivity index (χ2n) is 7.11. The van der Waals surface area contributed by atoms with Crippen molar-refractivity contribution in [3.63, 3.8) is 0 Å². The van der Waals surface area contributed by atoms with Gasteiger partial charge in [-0.3, -0.25) is 4.79 Å². The Labute approximate surface area is 123 Å². The fraction of sp³-hybridized carbons (Fsp3) is 0.929. The first kappa shape index (κ1) is 19.4. The second kappa shape index (κ2) is 6.89. The third-order valence-corrected chi connectivity index (χ3v) is 4.35. The average molecular weight is 307 g/mol. The lowest BCUT2D eigenvalue weighted by molar-refractivity contribution is -0.156. The number of ether oxygens (including phenoxy) is 1. The molecule has 0 fully saturated rings. The van der Waals surface area contributed by atoms with Crippen LogP contribution in [0.2, 0.25) is 0 Å². The molecule has 5 nitrogen and oxygen atoms in total. The van der Waals surface area contributed by atoms with E-state index < -0.39 is 15.6 Å². The zero-order chi connectivity index (χ0) is 16.2. The molecule has 0 rings (SSSR count). The van der Waals surface area contributed by atoms with E-state index in [9.17, 15) is 13.2 Å². The van der Waals surface area contributed by atoms with Gasteiger partial charge in [-0.1, -0.05) is 20.8 Å². The third-order valence-electron chi connectivity index (χ3n) is 2.99. The molecule has 0 aromatic heterocycles. The molecular formula is C14H29NO4S. The molecule has 0 aromatic rings. The Hall–Kier alpha value is -0.620. The zero-order valence-corrected chi connectivity index (χ0v) is 14.6. The van der Waals surface area contributed by atoms with Gasteiger partial charge in [0.2, 0.25) is 10.0 Å². The summed E-state index contributed by atoms with van der Waals surface area (Å²) < 4.78 is 30.9. The number of esters is 1. The Morgan fingerprint density at radius 1 is 1.15 bits per heavy atom. The number of carbonyl (C=O) groups is 1. The Balaban J connectivity index is 4.73. The summed E-state index contributed by atoms with van der Waals surface area (Å²) in [6.07, 6.45) is 0.201. The van der Waals surface area contributed by atoms with Crippen LogP contribution in [-0.2, 0) is 19.6 Å². The van der Waals surface area contributed by atoms with Crippen LogP contribution in [0.4, 0.5) is 0 Å². The maximum Gasteiger partial charge on any atom is 0.306 e. The Morgan fingerprint density at radius 3 is 2.00 bits per heavy atom. The molecule has 0 saturated heterocycles. The first-order chi connectivity index (χ1) is 8.77. The summed E-state index contributed by atoms with van der Waals surface area (Å²) in [7, 11) is -3.25. The molecule has 0 saturated carbocycles. The minimum atomic E-state index is -3.25.